The highest BCUT2D eigenvalue weighted by molar-refractivity contribution is 5.85. The zero-order valence-electron chi connectivity index (χ0n) is 11.5. The zero-order chi connectivity index (χ0) is 13.0. The summed E-state index contributed by atoms with van der Waals surface area (Å²) in [7, 11) is 3.92. The number of carbonyl (C=O) groups excluding carboxylic acids is 1. The minimum Gasteiger partial charge on any atom is -0.332 e. The van der Waals surface area contributed by atoms with Crippen molar-refractivity contribution in [3.05, 3.63) is 35.9 Å². The van der Waals surface area contributed by atoms with Gasteiger partial charge in [-0.25, -0.2) is 0 Å². The van der Waals surface area contributed by atoms with Crippen molar-refractivity contribution >= 4 is 18.3 Å². The molecule has 1 N–H and O–H groups in total. The Hall–Kier alpha value is -1.10. The van der Waals surface area contributed by atoms with Crippen LogP contribution in [-0.4, -0.2) is 56.0 Å². The first-order chi connectivity index (χ1) is 8.72. The molecule has 1 aromatic rings. The second kappa shape index (κ2) is 7.48. The number of likely N-dealkylation sites (N-methyl/N-ethyl adjacent to an activating group) is 2. The van der Waals surface area contributed by atoms with Gasteiger partial charge in [0.15, 0.2) is 0 Å². The van der Waals surface area contributed by atoms with Gasteiger partial charge < -0.3 is 15.1 Å². The third-order valence-corrected chi connectivity index (χ3v) is 3.42. The van der Waals surface area contributed by atoms with Gasteiger partial charge in [-0.05, 0) is 19.7 Å². The Balaban J connectivity index is 0.00000180. The van der Waals surface area contributed by atoms with Crippen LogP contribution in [0, 0.1) is 0 Å². The van der Waals surface area contributed by atoms with Gasteiger partial charge in [-0.2, -0.15) is 0 Å². The number of piperazine rings is 1. The predicted molar refractivity (Wildman–Crippen MR) is 79.6 cm³/mol. The molecule has 0 aromatic heterocycles. The molecule has 5 heteroatoms. The Bertz CT molecular complexity index is 399. The molecule has 1 atom stereocenters. The lowest BCUT2D eigenvalue weighted by molar-refractivity contribution is -0.135. The second-order valence-corrected chi connectivity index (χ2v) is 4.81. The van der Waals surface area contributed by atoms with Crippen LogP contribution in [0.4, 0.5) is 0 Å². The van der Waals surface area contributed by atoms with Gasteiger partial charge in [-0.3, -0.25) is 4.79 Å². The normalized spacial score (nSPS) is 19.9. The van der Waals surface area contributed by atoms with E-state index in [0.717, 1.165) is 19.6 Å². The van der Waals surface area contributed by atoms with E-state index < -0.39 is 0 Å². The lowest BCUT2D eigenvalue weighted by Gasteiger charge is -2.40. The van der Waals surface area contributed by atoms with E-state index in [1.165, 1.54) is 5.56 Å². The molecule has 1 amide bonds. The van der Waals surface area contributed by atoms with E-state index in [9.17, 15) is 4.79 Å². The lowest BCUT2D eigenvalue weighted by Crippen LogP contribution is -2.51. The van der Waals surface area contributed by atoms with Crippen molar-refractivity contribution in [1.82, 2.24) is 15.1 Å². The van der Waals surface area contributed by atoms with Gasteiger partial charge in [0.25, 0.3) is 0 Å². The first-order valence-electron chi connectivity index (χ1n) is 6.40. The molecule has 19 heavy (non-hydrogen) atoms. The maximum absolute atomic E-state index is 12.1. The van der Waals surface area contributed by atoms with Gasteiger partial charge >= 0.3 is 0 Å². The monoisotopic (exact) mass is 283 g/mol. The van der Waals surface area contributed by atoms with Gasteiger partial charge in [0.1, 0.15) is 0 Å². The lowest BCUT2D eigenvalue weighted by atomic mass is 10.0. The molecule has 0 saturated carbocycles. The highest BCUT2D eigenvalue weighted by atomic mass is 35.5. The first kappa shape index (κ1) is 16.0. The summed E-state index contributed by atoms with van der Waals surface area (Å²) in [4.78, 5) is 16.4. The average Bonchev–Trinajstić information content (AvgIpc) is 2.40. The summed E-state index contributed by atoms with van der Waals surface area (Å²) in [6, 6.07) is 10.4. The Labute approximate surface area is 121 Å². The van der Waals surface area contributed by atoms with Crippen molar-refractivity contribution in [2.75, 3.05) is 40.3 Å². The van der Waals surface area contributed by atoms with E-state index in [-0.39, 0.29) is 24.4 Å². The number of amides is 1. The SMILES string of the molecule is CNCC(=O)N1CCN(C)CC1c1ccccc1.Cl. The van der Waals surface area contributed by atoms with Crippen LogP contribution in [0.25, 0.3) is 0 Å². The van der Waals surface area contributed by atoms with E-state index in [1.807, 2.05) is 30.1 Å². The minimum absolute atomic E-state index is 0. The molecule has 0 bridgehead atoms. The van der Waals surface area contributed by atoms with Crippen LogP contribution < -0.4 is 5.32 Å². The van der Waals surface area contributed by atoms with Gasteiger partial charge in [0.2, 0.25) is 5.91 Å². The van der Waals surface area contributed by atoms with Gasteiger partial charge in [0.05, 0.1) is 12.6 Å². The smallest absolute Gasteiger partial charge is 0.237 e. The van der Waals surface area contributed by atoms with Gasteiger partial charge in [0, 0.05) is 19.6 Å². The van der Waals surface area contributed by atoms with Crippen molar-refractivity contribution in [2.45, 2.75) is 6.04 Å². The van der Waals surface area contributed by atoms with E-state index >= 15 is 0 Å². The van der Waals surface area contributed by atoms with Crippen molar-refractivity contribution in [2.24, 2.45) is 0 Å². The van der Waals surface area contributed by atoms with E-state index in [2.05, 4.69) is 29.4 Å². The maximum atomic E-state index is 12.1. The number of rotatable bonds is 3. The molecular weight excluding hydrogens is 262 g/mol. The number of nitrogens with one attached hydrogen (secondary N) is 1. The van der Waals surface area contributed by atoms with Crippen LogP contribution >= 0.6 is 12.4 Å². The molecule has 1 heterocycles. The molecule has 1 aliphatic heterocycles. The van der Waals surface area contributed by atoms with E-state index in [0.29, 0.717) is 6.54 Å². The molecule has 4 nitrogen and oxygen atoms in total. The van der Waals surface area contributed by atoms with Crippen molar-refractivity contribution in [1.29, 1.82) is 0 Å². The Morgan fingerprint density at radius 3 is 2.63 bits per heavy atom. The number of halogens is 1. The van der Waals surface area contributed by atoms with Crippen LogP contribution in [0.2, 0.25) is 0 Å². The van der Waals surface area contributed by atoms with Crippen LogP contribution in [0.15, 0.2) is 30.3 Å². The summed E-state index contributed by atoms with van der Waals surface area (Å²) in [5.74, 6) is 0.180. The van der Waals surface area contributed by atoms with Crippen LogP contribution in [0.5, 0.6) is 0 Å². The molecule has 1 aliphatic rings. The number of nitrogens with zero attached hydrogens (tertiary/aromatic N) is 2. The van der Waals surface area contributed by atoms with E-state index in [4.69, 9.17) is 0 Å². The van der Waals surface area contributed by atoms with Gasteiger partial charge in [-0.1, -0.05) is 30.3 Å². The summed E-state index contributed by atoms with van der Waals surface area (Å²) in [6.45, 7) is 3.06. The maximum Gasteiger partial charge on any atom is 0.237 e. The first-order valence-corrected chi connectivity index (χ1v) is 6.40. The fraction of sp³-hybridized carbons (Fsp3) is 0.500. The topological polar surface area (TPSA) is 35.6 Å². The summed E-state index contributed by atoms with van der Waals surface area (Å²) >= 11 is 0. The molecule has 2 rings (SSSR count). The van der Waals surface area contributed by atoms with Crippen LogP contribution in [0.1, 0.15) is 11.6 Å². The Morgan fingerprint density at radius 1 is 1.32 bits per heavy atom. The average molecular weight is 284 g/mol. The van der Waals surface area contributed by atoms with Gasteiger partial charge in [-0.15, -0.1) is 12.4 Å². The summed E-state index contributed by atoms with van der Waals surface area (Å²) in [5.41, 5.74) is 1.22. The molecule has 1 unspecified atom stereocenters. The number of hydrogen-bond acceptors (Lipinski definition) is 3. The fourth-order valence-electron chi connectivity index (χ4n) is 2.43. The Morgan fingerprint density at radius 2 is 2.00 bits per heavy atom. The summed E-state index contributed by atoms with van der Waals surface area (Å²) in [5, 5.41) is 2.94. The molecule has 0 aliphatic carbocycles. The number of carbonyl (C=O) groups is 1. The Kier molecular flexibility index (Phi) is 6.28. The number of hydrogen-bond donors (Lipinski definition) is 1. The fourth-order valence-corrected chi connectivity index (χ4v) is 2.43. The second-order valence-electron chi connectivity index (χ2n) is 4.81. The molecule has 1 aromatic carbocycles. The summed E-state index contributed by atoms with van der Waals surface area (Å²) < 4.78 is 0. The van der Waals surface area contributed by atoms with Crippen LogP contribution in [0.3, 0.4) is 0 Å². The molecule has 1 fully saturated rings. The van der Waals surface area contributed by atoms with Crippen LogP contribution in [-0.2, 0) is 4.79 Å². The molecule has 0 spiro atoms. The van der Waals surface area contributed by atoms with E-state index in [1.54, 1.807) is 0 Å². The van der Waals surface area contributed by atoms with Crippen molar-refractivity contribution in [3.63, 3.8) is 0 Å². The highest BCUT2D eigenvalue weighted by Gasteiger charge is 2.29. The summed E-state index contributed by atoms with van der Waals surface area (Å²) in [6.07, 6.45) is 0. The molecule has 106 valence electrons. The van der Waals surface area contributed by atoms with Crippen molar-refractivity contribution in [3.8, 4) is 0 Å². The quantitative estimate of drug-likeness (QED) is 0.904. The molecular formula is C14H22ClN3O. The number of benzene rings is 1. The largest absolute Gasteiger partial charge is 0.332 e. The van der Waals surface area contributed by atoms with Crippen molar-refractivity contribution < 1.29 is 4.79 Å². The standard InChI is InChI=1S/C14H21N3O.ClH/c1-15-10-14(18)17-9-8-16(2)11-13(17)12-6-4-3-5-7-12;/h3-7,13,15H,8-11H2,1-2H3;1H. The third-order valence-electron chi connectivity index (χ3n) is 3.42. The molecule has 0 radical (unpaired) electrons. The minimum atomic E-state index is 0. The molecule has 1 saturated heterocycles. The highest BCUT2D eigenvalue weighted by Crippen LogP contribution is 2.24. The zero-order valence-corrected chi connectivity index (χ0v) is 12.3. The third kappa shape index (κ3) is 3.93. The predicted octanol–water partition coefficient (Wildman–Crippen LogP) is 1.14.